The molecule has 1 heterocycles. The lowest BCUT2D eigenvalue weighted by molar-refractivity contribution is 0.0895. The molecule has 1 rings (SSSR count). The van der Waals surface area contributed by atoms with E-state index in [4.69, 9.17) is 9.84 Å². The van der Waals surface area contributed by atoms with Gasteiger partial charge >= 0.3 is 0 Å². The molecule has 6 heteroatoms. The van der Waals surface area contributed by atoms with E-state index in [0.29, 0.717) is 25.3 Å². The maximum absolute atomic E-state index is 12.0. The minimum absolute atomic E-state index is 0.254. The smallest absolute Gasteiger partial charge is 0.271 e. The molecule has 0 spiro atoms. The number of hydrogen-bond acceptors (Lipinski definition) is 5. The van der Waals surface area contributed by atoms with Crippen molar-refractivity contribution in [2.24, 2.45) is 0 Å². The maximum atomic E-state index is 12.0. The zero-order valence-corrected chi connectivity index (χ0v) is 12.4. The van der Waals surface area contributed by atoms with Crippen LogP contribution in [0.15, 0.2) is 18.3 Å². The topological polar surface area (TPSA) is 74.7 Å². The second-order valence-electron chi connectivity index (χ2n) is 4.53. The second-order valence-corrected chi connectivity index (χ2v) is 4.53. The second kappa shape index (κ2) is 9.88. The van der Waals surface area contributed by atoms with Crippen LogP contribution in [0.1, 0.15) is 16.1 Å². The van der Waals surface area contributed by atoms with Crippen molar-refractivity contribution in [3.63, 3.8) is 0 Å². The first kappa shape index (κ1) is 17.1. The normalized spacial score (nSPS) is 10.1. The van der Waals surface area contributed by atoms with Gasteiger partial charge in [-0.25, -0.2) is 4.98 Å². The number of rotatable bonds is 7. The van der Waals surface area contributed by atoms with E-state index in [1.54, 1.807) is 12.1 Å². The van der Waals surface area contributed by atoms with Crippen LogP contribution in [0.5, 0.6) is 0 Å². The largest absolute Gasteiger partial charge is 0.384 e. The molecule has 0 aliphatic heterocycles. The molecule has 0 fully saturated rings. The fourth-order valence-corrected chi connectivity index (χ4v) is 1.49. The average molecular weight is 291 g/mol. The number of ether oxygens (including phenoxy) is 1. The average Bonchev–Trinajstić information content (AvgIpc) is 2.48. The van der Waals surface area contributed by atoms with Crippen LogP contribution in [0.3, 0.4) is 0 Å². The van der Waals surface area contributed by atoms with E-state index < -0.39 is 0 Å². The van der Waals surface area contributed by atoms with Gasteiger partial charge in [0.2, 0.25) is 0 Å². The molecular weight excluding hydrogens is 270 g/mol. The molecule has 2 N–H and O–H groups in total. The molecule has 0 atom stereocenters. The summed E-state index contributed by atoms with van der Waals surface area (Å²) in [6, 6.07) is 3.39. The number of pyridine rings is 1. The van der Waals surface area contributed by atoms with Gasteiger partial charge in [-0.3, -0.25) is 4.79 Å². The van der Waals surface area contributed by atoms with E-state index >= 15 is 0 Å². The molecule has 0 unspecified atom stereocenters. The van der Waals surface area contributed by atoms with Crippen molar-refractivity contribution in [1.29, 1.82) is 0 Å². The van der Waals surface area contributed by atoms with Gasteiger partial charge in [0, 0.05) is 19.3 Å². The van der Waals surface area contributed by atoms with Crippen LogP contribution < -0.4 is 5.32 Å². The van der Waals surface area contributed by atoms with Crippen LogP contribution in [0.2, 0.25) is 0 Å². The first-order valence-corrected chi connectivity index (χ1v) is 6.70. The third-order valence-electron chi connectivity index (χ3n) is 2.54. The summed E-state index contributed by atoms with van der Waals surface area (Å²) < 4.78 is 5.39. The van der Waals surface area contributed by atoms with Crippen LogP contribution in [-0.2, 0) is 4.74 Å². The molecule has 21 heavy (non-hydrogen) atoms. The van der Waals surface area contributed by atoms with E-state index in [0.717, 1.165) is 6.54 Å². The van der Waals surface area contributed by atoms with Crippen molar-refractivity contribution in [1.82, 2.24) is 15.2 Å². The molecule has 6 nitrogen and oxygen atoms in total. The maximum Gasteiger partial charge on any atom is 0.271 e. The minimum atomic E-state index is -0.297. The summed E-state index contributed by atoms with van der Waals surface area (Å²) in [6.45, 7) is 2.07. The van der Waals surface area contributed by atoms with Crippen molar-refractivity contribution in [3.05, 3.63) is 29.6 Å². The lowest BCUT2D eigenvalue weighted by atomic mass is 10.2. The van der Waals surface area contributed by atoms with Gasteiger partial charge in [0.1, 0.15) is 12.3 Å². The number of hydrogen-bond donors (Lipinski definition) is 2. The fraction of sp³-hybridized carbons (Fsp3) is 0.467. The fourth-order valence-electron chi connectivity index (χ4n) is 1.49. The van der Waals surface area contributed by atoms with E-state index in [1.807, 2.05) is 19.0 Å². The minimum Gasteiger partial charge on any atom is -0.384 e. The molecule has 1 aromatic rings. The van der Waals surface area contributed by atoms with E-state index in [1.165, 1.54) is 6.20 Å². The van der Waals surface area contributed by atoms with Crippen LogP contribution in [-0.4, -0.2) is 67.9 Å². The monoisotopic (exact) mass is 291 g/mol. The predicted octanol–water partition coefficient (Wildman–Crippen LogP) is -0.267. The molecular formula is C15H21N3O3. The number of carbonyl (C=O) groups is 1. The SMILES string of the molecule is CN(C)CCOCCNC(=O)c1ncccc1C#CCO. The van der Waals surface area contributed by atoms with Crippen LogP contribution in [0.4, 0.5) is 0 Å². The summed E-state index contributed by atoms with van der Waals surface area (Å²) in [5, 5.41) is 11.4. The Kier molecular flexibility index (Phi) is 8.05. The van der Waals surface area contributed by atoms with Gasteiger partial charge in [-0.15, -0.1) is 0 Å². The van der Waals surface area contributed by atoms with Gasteiger partial charge in [0.05, 0.1) is 18.8 Å². The first-order valence-electron chi connectivity index (χ1n) is 6.70. The molecule has 0 bridgehead atoms. The van der Waals surface area contributed by atoms with Gasteiger partial charge in [-0.05, 0) is 26.2 Å². The molecule has 114 valence electrons. The predicted molar refractivity (Wildman–Crippen MR) is 79.9 cm³/mol. The number of aliphatic hydroxyl groups excluding tert-OH is 1. The molecule has 1 aromatic heterocycles. The Morgan fingerprint density at radius 2 is 2.29 bits per heavy atom. The summed E-state index contributed by atoms with van der Waals surface area (Å²) in [6.07, 6.45) is 1.53. The van der Waals surface area contributed by atoms with E-state index in [9.17, 15) is 4.79 Å². The van der Waals surface area contributed by atoms with Crippen LogP contribution in [0, 0.1) is 11.8 Å². The molecule has 0 aliphatic carbocycles. The summed E-state index contributed by atoms with van der Waals surface area (Å²) in [5.74, 6) is 4.92. The molecule has 0 radical (unpaired) electrons. The van der Waals surface area contributed by atoms with Gasteiger partial charge in [-0.1, -0.05) is 11.8 Å². The highest BCUT2D eigenvalue weighted by molar-refractivity contribution is 5.94. The first-order chi connectivity index (χ1) is 10.1. The Bertz CT molecular complexity index is 506. The molecule has 0 aliphatic rings. The lowest BCUT2D eigenvalue weighted by Gasteiger charge is -2.10. The highest BCUT2D eigenvalue weighted by atomic mass is 16.5. The molecule has 0 saturated carbocycles. The van der Waals surface area contributed by atoms with Crippen molar-refractivity contribution in [3.8, 4) is 11.8 Å². The number of aliphatic hydroxyl groups is 1. The molecule has 0 aromatic carbocycles. The summed E-state index contributed by atoms with van der Waals surface area (Å²) >= 11 is 0. The van der Waals surface area contributed by atoms with Gasteiger partial charge < -0.3 is 20.1 Å². The van der Waals surface area contributed by atoms with Crippen LogP contribution >= 0.6 is 0 Å². The van der Waals surface area contributed by atoms with Gasteiger partial charge in [-0.2, -0.15) is 0 Å². The standard InChI is InChI=1S/C15H21N3O3/c1-18(2)9-12-21-11-8-17-15(20)14-13(6-4-10-19)5-3-7-16-14/h3,5,7,19H,8-12H2,1-2H3,(H,17,20). The van der Waals surface area contributed by atoms with Crippen LogP contribution in [0.25, 0.3) is 0 Å². The Balaban J connectivity index is 2.42. The number of aromatic nitrogens is 1. The molecule has 0 saturated heterocycles. The van der Waals surface area contributed by atoms with Crippen molar-refractivity contribution < 1.29 is 14.6 Å². The Morgan fingerprint density at radius 3 is 3.00 bits per heavy atom. The number of nitrogens with one attached hydrogen (secondary N) is 1. The Labute approximate surface area is 125 Å². The lowest BCUT2D eigenvalue weighted by Crippen LogP contribution is -2.29. The highest BCUT2D eigenvalue weighted by Gasteiger charge is 2.10. The van der Waals surface area contributed by atoms with Crippen molar-refractivity contribution in [2.75, 3.05) is 47.0 Å². The van der Waals surface area contributed by atoms with Gasteiger partial charge in [0.15, 0.2) is 0 Å². The number of likely N-dealkylation sites (N-methyl/N-ethyl adjacent to an activating group) is 1. The quantitative estimate of drug-likeness (QED) is 0.534. The van der Waals surface area contributed by atoms with Crippen molar-refractivity contribution >= 4 is 5.91 Å². The zero-order chi connectivity index (χ0) is 15.5. The third kappa shape index (κ3) is 6.86. The van der Waals surface area contributed by atoms with E-state index in [2.05, 4.69) is 22.1 Å². The van der Waals surface area contributed by atoms with Crippen molar-refractivity contribution in [2.45, 2.75) is 0 Å². The van der Waals surface area contributed by atoms with Gasteiger partial charge in [0.25, 0.3) is 5.91 Å². The summed E-state index contributed by atoms with van der Waals surface area (Å²) in [5.41, 5.74) is 0.754. The van der Waals surface area contributed by atoms with E-state index in [-0.39, 0.29) is 18.2 Å². The number of nitrogens with zero attached hydrogens (tertiary/aromatic N) is 2. The summed E-state index contributed by atoms with van der Waals surface area (Å²) in [4.78, 5) is 18.1. The number of amides is 1. The summed E-state index contributed by atoms with van der Waals surface area (Å²) in [7, 11) is 3.95. The number of carbonyl (C=O) groups excluding carboxylic acids is 1. The highest BCUT2D eigenvalue weighted by Crippen LogP contribution is 2.03. The Hall–Kier alpha value is -1.94. The third-order valence-corrected chi connectivity index (χ3v) is 2.54. The molecule has 1 amide bonds. The Morgan fingerprint density at radius 1 is 1.48 bits per heavy atom. The zero-order valence-electron chi connectivity index (χ0n) is 12.4.